The first kappa shape index (κ1) is 17.5. The molecule has 0 heterocycles. The van der Waals surface area contributed by atoms with Crippen molar-refractivity contribution in [3.8, 4) is 0 Å². The second-order valence-electron chi connectivity index (χ2n) is 4.78. The molecule has 0 aliphatic carbocycles. The van der Waals surface area contributed by atoms with E-state index in [1.54, 1.807) is 13.8 Å². The normalized spacial score (nSPS) is 12.1. The molecule has 0 aromatic heterocycles. The first-order valence-corrected chi connectivity index (χ1v) is 6.99. The van der Waals surface area contributed by atoms with E-state index in [4.69, 9.17) is 5.73 Å². The Morgan fingerprint density at radius 3 is 2.48 bits per heavy atom. The lowest BCUT2D eigenvalue weighted by Crippen LogP contribution is -2.46. The minimum absolute atomic E-state index is 0.0681. The molecule has 0 radical (unpaired) electrons. The lowest BCUT2D eigenvalue weighted by molar-refractivity contribution is -0.125. The van der Waals surface area contributed by atoms with E-state index in [2.05, 4.69) is 26.6 Å². The van der Waals surface area contributed by atoms with Crippen LogP contribution in [-0.2, 0) is 9.59 Å². The second-order valence-corrected chi connectivity index (χ2v) is 5.63. The topological polar surface area (TPSA) is 84.2 Å². The van der Waals surface area contributed by atoms with Crippen molar-refractivity contribution in [3.63, 3.8) is 0 Å². The third-order valence-corrected chi connectivity index (χ3v) is 3.34. The van der Waals surface area contributed by atoms with Crippen LogP contribution in [0.2, 0.25) is 0 Å². The maximum absolute atomic E-state index is 13.5. The molecule has 1 atom stereocenters. The number of amides is 2. The van der Waals surface area contributed by atoms with Gasteiger partial charge in [-0.2, -0.15) is 0 Å². The number of carbonyl (C=O) groups is 2. The van der Waals surface area contributed by atoms with Crippen LogP contribution in [0, 0.1) is 17.6 Å². The summed E-state index contributed by atoms with van der Waals surface area (Å²) >= 11 is 2.95. The van der Waals surface area contributed by atoms with Crippen LogP contribution >= 0.6 is 15.9 Å². The third kappa shape index (κ3) is 5.05. The van der Waals surface area contributed by atoms with Gasteiger partial charge in [0.1, 0.15) is 5.82 Å². The highest BCUT2D eigenvalue weighted by Crippen LogP contribution is 2.26. The fraction of sp³-hybridized carbons (Fsp3) is 0.385. The Morgan fingerprint density at radius 1 is 1.33 bits per heavy atom. The first-order chi connectivity index (χ1) is 9.72. The van der Waals surface area contributed by atoms with Crippen LogP contribution in [0.5, 0.6) is 0 Å². The maximum atomic E-state index is 13.5. The average molecular weight is 364 g/mol. The molecular weight excluding hydrogens is 348 g/mol. The molecule has 0 saturated carbocycles. The Morgan fingerprint density at radius 2 is 1.95 bits per heavy atom. The zero-order valence-corrected chi connectivity index (χ0v) is 13.1. The molecule has 0 fully saturated rings. The molecule has 4 N–H and O–H groups in total. The number of nitrogens with two attached hydrogens (primary N) is 1. The first-order valence-electron chi connectivity index (χ1n) is 6.20. The second kappa shape index (κ2) is 7.46. The molecule has 2 amide bonds. The van der Waals surface area contributed by atoms with E-state index in [1.165, 1.54) is 0 Å². The van der Waals surface area contributed by atoms with Gasteiger partial charge in [-0.1, -0.05) is 13.8 Å². The number of hydrogen-bond donors (Lipinski definition) is 3. The third-order valence-electron chi connectivity index (χ3n) is 2.72. The predicted octanol–water partition coefficient (Wildman–Crippen LogP) is 1.77. The highest BCUT2D eigenvalue weighted by Gasteiger charge is 2.18. The van der Waals surface area contributed by atoms with Crippen LogP contribution in [0.1, 0.15) is 13.8 Å². The van der Waals surface area contributed by atoms with E-state index in [0.717, 1.165) is 6.07 Å². The molecule has 116 valence electrons. The van der Waals surface area contributed by atoms with E-state index >= 15 is 0 Å². The smallest absolute Gasteiger partial charge is 0.243 e. The van der Waals surface area contributed by atoms with Crippen molar-refractivity contribution >= 4 is 33.4 Å². The summed E-state index contributed by atoms with van der Waals surface area (Å²) in [5.74, 6) is -2.88. The molecule has 0 bridgehead atoms. The summed E-state index contributed by atoms with van der Waals surface area (Å²) in [4.78, 5) is 23.2. The fourth-order valence-electron chi connectivity index (χ4n) is 1.43. The Kier molecular flexibility index (Phi) is 6.22. The Balaban J connectivity index is 2.61. The summed E-state index contributed by atoms with van der Waals surface area (Å²) in [6, 6.07) is 0.937. The lowest BCUT2D eigenvalue weighted by Gasteiger charge is -2.15. The van der Waals surface area contributed by atoms with Gasteiger partial charge in [-0.3, -0.25) is 9.59 Å². The van der Waals surface area contributed by atoms with Gasteiger partial charge in [-0.25, -0.2) is 8.78 Å². The van der Waals surface area contributed by atoms with E-state index in [9.17, 15) is 18.4 Å². The van der Waals surface area contributed by atoms with Gasteiger partial charge in [0.25, 0.3) is 0 Å². The zero-order valence-electron chi connectivity index (χ0n) is 11.5. The number of benzene rings is 1. The molecule has 0 saturated heterocycles. The number of anilines is 1. The number of nitrogens with one attached hydrogen (secondary N) is 2. The summed E-state index contributed by atoms with van der Waals surface area (Å²) < 4.78 is 26.5. The summed E-state index contributed by atoms with van der Waals surface area (Å²) in [5, 5.41) is 4.59. The van der Waals surface area contributed by atoms with E-state index in [1.807, 2.05) is 0 Å². The van der Waals surface area contributed by atoms with E-state index in [-0.39, 0.29) is 22.6 Å². The zero-order chi connectivity index (χ0) is 16.2. The van der Waals surface area contributed by atoms with Gasteiger partial charge < -0.3 is 16.4 Å². The van der Waals surface area contributed by atoms with Crippen molar-refractivity contribution in [2.24, 2.45) is 11.7 Å². The molecular formula is C13H16BrF2N3O2. The Hall–Kier alpha value is -1.54. The maximum Gasteiger partial charge on any atom is 0.243 e. The van der Waals surface area contributed by atoms with Gasteiger partial charge in [0.15, 0.2) is 5.82 Å². The highest BCUT2D eigenvalue weighted by molar-refractivity contribution is 9.10. The summed E-state index contributed by atoms with van der Waals surface area (Å²) in [6.07, 6.45) is 0. The quantitative estimate of drug-likeness (QED) is 0.745. The molecule has 1 aromatic rings. The number of hydrogen-bond acceptors (Lipinski definition) is 3. The van der Waals surface area contributed by atoms with Crippen LogP contribution in [0.4, 0.5) is 14.5 Å². The molecule has 0 aliphatic heterocycles. The van der Waals surface area contributed by atoms with Crippen molar-refractivity contribution in [1.82, 2.24) is 5.32 Å². The van der Waals surface area contributed by atoms with Gasteiger partial charge in [-0.05, 0) is 27.9 Å². The highest BCUT2D eigenvalue weighted by atomic mass is 79.9. The van der Waals surface area contributed by atoms with Crippen molar-refractivity contribution in [3.05, 3.63) is 28.2 Å². The van der Waals surface area contributed by atoms with Crippen LogP contribution in [0.25, 0.3) is 0 Å². The monoisotopic (exact) mass is 363 g/mol. The molecule has 5 nitrogen and oxygen atoms in total. The van der Waals surface area contributed by atoms with Crippen LogP contribution in [0.3, 0.4) is 0 Å². The van der Waals surface area contributed by atoms with Crippen molar-refractivity contribution in [2.45, 2.75) is 19.9 Å². The molecule has 8 heteroatoms. The number of rotatable bonds is 5. The van der Waals surface area contributed by atoms with Crippen LogP contribution < -0.4 is 16.4 Å². The molecule has 21 heavy (non-hydrogen) atoms. The van der Waals surface area contributed by atoms with Gasteiger partial charge in [-0.15, -0.1) is 0 Å². The Labute approximate surface area is 129 Å². The predicted molar refractivity (Wildman–Crippen MR) is 78.5 cm³/mol. The molecule has 1 rings (SSSR count). The standard InChI is InChI=1S/C13H16BrF2N3O2/c1-6(2)11(17)13(21)18-5-10(20)19-12-8(14)3-7(15)4-9(12)16/h3-4,6,11H,5,17H2,1-2H3,(H,18,21)(H,19,20)/t11-/m0/s1. The largest absolute Gasteiger partial charge is 0.346 e. The average Bonchev–Trinajstić information content (AvgIpc) is 2.39. The fourth-order valence-corrected chi connectivity index (χ4v) is 1.94. The molecule has 0 spiro atoms. The summed E-state index contributed by atoms with van der Waals surface area (Å²) in [5.41, 5.74) is 5.42. The van der Waals surface area contributed by atoms with Gasteiger partial charge in [0, 0.05) is 10.5 Å². The molecule has 0 aliphatic rings. The van der Waals surface area contributed by atoms with Crippen molar-refractivity contribution in [1.29, 1.82) is 0 Å². The molecule has 0 unspecified atom stereocenters. The van der Waals surface area contributed by atoms with Crippen LogP contribution in [-0.4, -0.2) is 24.4 Å². The Bertz CT molecular complexity index is 529. The number of carbonyl (C=O) groups excluding carboxylic acids is 2. The van der Waals surface area contributed by atoms with Crippen molar-refractivity contribution in [2.75, 3.05) is 11.9 Å². The minimum atomic E-state index is -0.916. The van der Waals surface area contributed by atoms with Crippen molar-refractivity contribution < 1.29 is 18.4 Å². The summed E-state index contributed by atoms with van der Waals surface area (Å²) in [6.45, 7) is 3.19. The lowest BCUT2D eigenvalue weighted by atomic mass is 10.1. The van der Waals surface area contributed by atoms with E-state index < -0.39 is 29.5 Å². The SMILES string of the molecule is CC(C)[C@H](N)C(=O)NCC(=O)Nc1c(F)cc(F)cc1Br. The summed E-state index contributed by atoms with van der Waals surface area (Å²) in [7, 11) is 0. The van der Waals surface area contributed by atoms with Gasteiger partial charge >= 0.3 is 0 Å². The van der Waals surface area contributed by atoms with Gasteiger partial charge in [0.05, 0.1) is 18.3 Å². The van der Waals surface area contributed by atoms with Gasteiger partial charge in [0.2, 0.25) is 11.8 Å². The van der Waals surface area contributed by atoms with Crippen LogP contribution in [0.15, 0.2) is 16.6 Å². The minimum Gasteiger partial charge on any atom is -0.346 e. The van der Waals surface area contributed by atoms with E-state index in [0.29, 0.717) is 6.07 Å². The number of halogens is 3. The molecule has 1 aromatic carbocycles.